The Kier molecular flexibility index (Phi) is 4.23. The van der Waals surface area contributed by atoms with E-state index in [1.54, 1.807) is 0 Å². The van der Waals surface area contributed by atoms with Gasteiger partial charge in [0.15, 0.2) is 0 Å². The van der Waals surface area contributed by atoms with Gasteiger partial charge in [0, 0.05) is 23.5 Å². The number of aromatic nitrogens is 2. The lowest BCUT2D eigenvalue weighted by Crippen LogP contribution is -2.12. The van der Waals surface area contributed by atoms with Gasteiger partial charge < -0.3 is 10.6 Å². The van der Waals surface area contributed by atoms with Gasteiger partial charge in [0.25, 0.3) is 0 Å². The summed E-state index contributed by atoms with van der Waals surface area (Å²) in [6.45, 7) is 10.3. The quantitative estimate of drug-likeness (QED) is 0.882. The van der Waals surface area contributed by atoms with Crippen molar-refractivity contribution >= 4 is 17.5 Å². The third kappa shape index (κ3) is 3.70. The van der Waals surface area contributed by atoms with Gasteiger partial charge in [-0.1, -0.05) is 12.1 Å². The Hall–Kier alpha value is -2.10. The van der Waals surface area contributed by atoms with Crippen LogP contribution in [0.15, 0.2) is 24.3 Å². The number of aryl methyl sites for hydroxylation is 3. The molecule has 4 heteroatoms. The molecule has 0 bridgehead atoms. The van der Waals surface area contributed by atoms with Crippen molar-refractivity contribution in [2.75, 3.05) is 10.6 Å². The molecule has 0 fully saturated rings. The number of hydrogen-bond donors (Lipinski definition) is 2. The van der Waals surface area contributed by atoms with Gasteiger partial charge in [-0.05, 0) is 51.8 Å². The molecule has 0 unspecified atom stereocenters. The van der Waals surface area contributed by atoms with E-state index in [-0.39, 0.29) is 0 Å². The van der Waals surface area contributed by atoms with Gasteiger partial charge in [0.2, 0.25) is 5.95 Å². The highest BCUT2D eigenvalue weighted by Gasteiger charge is 2.05. The van der Waals surface area contributed by atoms with Crippen molar-refractivity contribution in [3.05, 3.63) is 41.1 Å². The minimum absolute atomic E-state index is 0.345. The molecule has 0 amide bonds. The summed E-state index contributed by atoms with van der Waals surface area (Å²) in [4.78, 5) is 8.95. The van der Waals surface area contributed by atoms with Gasteiger partial charge in [-0.3, -0.25) is 0 Å². The largest absolute Gasteiger partial charge is 0.368 e. The molecule has 4 nitrogen and oxygen atoms in total. The third-order valence-electron chi connectivity index (χ3n) is 2.93. The normalized spacial score (nSPS) is 10.7. The number of hydrogen-bond acceptors (Lipinski definition) is 4. The van der Waals surface area contributed by atoms with Crippen LogP contribution in [0.3, 0.4) is 0 Å². The molecule has 2 rings (SSSR count). The summed E-state index contributed by atoms with van der Waals surface area (Å²) in [5, 5.41) is 6.61. The first-order valence-corrected chi connectivity index (χ1v) is 6.90. The van der Waals surface area contributed by atoms with Crippen LogP contribution in [0.5, 0.6) is 0 Å². The van der Waals surface area contributed by atoms with E-state index in [0.29, 0.717) is 12.0 Å². The first-order chi connectivity index (χ1) is 9.44. The molecule has 0 aliphatic rings. The minimum atomic E-state index is 0.345. The van der Waals surface area contributed by atoms with Crippen molar-refractivity contribution in [1.29, 1.82) is 0 Å². The van der Waals surface area contributed by atoms with Crippen LogP contribution < -0.4 is 10.6 Å². The smallest absolute Gasteiger partial charge is 0.229 e. The fourth-order valence-corrected chi connectivity index (χ4v) is 1.99. The van der Waals surface area contributed by atoms with Crippen LogP contribution in [-0.2, 0) is 0 Å². The number of nitrogens with one attached hydrogen (secondary N) is 2. The number of benzene rings is 1. The molecule has 106 valence electrons. The summed E-state index contributed by atoms with van der Waals surface area (Å²) in [6.07, 6.45) is 0. The van der Waals surface area contributed by atoms with Gasteiger partial charge in [-0.2, -0.15) is 4.98 Å². The zero-order valence-electron chi connectivity index (χ0n) is 12.8. The maximum Gasteiger partial charge on any atom is 0.229 e. The van der Waals surface area contributed by atoms with Crippen LogP contribution in [0.25, 0.3) is 0 Å². The second-order valence-electron chi connectivity index (χ2n) is 5.46. The number of nitrogens with zero attached hydrogens (tertiary/aromatic N) is 2. The van der Waals surface area contributed by atoms with Crippen LogP contribution in [0.1, 0.15) is 30.7 Å². The van der Waals surface area contributed by atoms with E-state index in [9.17, 15) is 0 Å². The highest BCUT2D eigenvalue weighted by molar-refractivity contribution is 5.60. The molecule has 0 saturated carbocycles. The second-order valence-corrected chi connectivity index (χ2v) is 5.46. The molecule has 2 aromatic rings. The Morgan fingerprint density at radius 3 is 2.45 bits per heavy atom. The maximum absolute atomic E-state index is 4.51. The van der Waals surface area contributed by atoms with Gasteiger partial charge in [-0.25, -0.2) is 4.98 Å². The van der Waals surface area contributed by atoms with Crippen molar-refractivity contribution in [2.24, 2.45) is 0 Å². The Labute approximate surface area is 120 Å². The molecule has 0 radical (unpaired) electrons. The Morgan fingerprint density at radius 1 is 1.00 bits per heavy atom. The fourth-order valence-electron chi connectivity index (χ4n) is 1.99. The van der Waals surface area contributed by atoms with Crippen molar-refractivity contribution < 1.29 is 0 Å². The van der Waals surface area contributed by atoms with E-state index >= 15 is 0 Å². The van der Waals surface area contributed by atoms with Crippen molar-refractivity contribution in [1.82, 2.24) is 9.97 Å². The highest BCUT2D eigenvalue weighted by atomic mass is 15.1. The molecule has 20 heavy (non-hydrogen) atoms. The van der Waals surface area contributed by atoms with Crippen molar-refractivity contribution in [2.45, 2.75) is 40.7 Å². The fraction of sp³-hybridized carbons (Fsp3) is 0.375. The predicted molar refractivity (Wildman–Crippen MR) is 84.7 cm³/mol. The van der Waals surface area contributed by atoms with Crippen LogP contribution in [0, 0.1) is 20.8 Å². The Bertz CT molecular complexity index is 605. The lowest BCUT2D eigenvalue weighted by atomic mass is 10.1. The topological polar surface area (TPSA) is 49.8 Å². The summed E-state index contributed by atoms with van der Waals surface area (Å²) in [7, 11) is 0. The number of anilines is 3. The maximum atomic E-state index is 4.51. The summed E-state index contributed by atoms with van der Waals surface area (Å²) >= 11 is 0. The molecule has 1 heterocycles. The van der Waals surface area contributed by atoms with Crippen LogP contribution in [-0.4, -0.2) is 16.0 Å². The Balaban J connectivity index is 2.28. The van der Waals surface area contributed by atoms with Crippen LogP contribution >= 0.6 is 0 Å². The summed E-state index contributed by atoms with van der Waals surface area (Å²) in [5.74, 6) is 1.47. The Morgan fingerprint density at radius 2 is 1.75 bits per heavy atom. The predicted octanol–water partition coefficient (Wildman–Crippen LogP) is 3.97. The van der Waals surface area contributed by atoms with E-state index in [4.69, 9.17) is 0 Å². The van der Waals surface area contributed by atoms with Gasteiger partial charge in [0.1, 0.15) is 5.82 Å². The lowest BCUT2D eigenvalue weighted by molar-refractivity contribution is 0.885. The second kappa shape index (κ2) is 5.90. The molecular weight excluding hydrogens is 248 g/mol. The van der Waals surface area contributed by atoms with E-state index < -0.39 is 0 Å². The zero-order chi connectivity index (χ0) is 14.7. The zero-order valence-corrected chi connectivity index (χ0v) is 12.8. The molecule has 1 aromatic carbocycles. The van der Waals surface area contributed by atoms with E-state index in [1.807, 2.05) is 13.0 Å². The van der Waals surface area contributed by atoms with Crippen LogP contribution in [0.2, 0.25) is 0 Å². The van der Waals surface area contributed by atoms with Gasteiger partial charge in [0.05, 0.1) is 0 Å². The van der Waals surface area contributed by atoms with E-state index in [1.165, 1.54) is 11.1 Å². The SMILES string of the molecule is Cc1ccc(C)c(Nc2nc(C)cc(NC(C)C)n2)c1. The lowest BCUT2D eigenvalue weighted by Gasteiger charge is -2.13. The number of rotatable bonds is 4. The van der Waals surface area contributed by atoms with Crippen molar-refractivity contribution in [3.63, 3.8) is 0 Å². The van der Waals surface area contributed by atoms with Gasteiger partial charge >= 0.3 is 0 Å². The first-order valence-electron chi connectivity index (χ1n) is 6.90. The summed E-state index contributed by atoms with van der Waals surface area (Å²) in [5.41, 5.74) is 4.38. The van der Waals surface area contributed by atoms with E-state index in [0.717, 1.165) is 17.2 Å². The summed E-state index contributed by atoms with van der Waals surface area (Å²) < 4.78 is 0. The molecular formula is C16H22N4. The molecule has 0 saturated heterocycles. The monoisotopic (exact) mass is 270 g/mol. The highest BCUT2D eigenvalue weighted by Crippen LogP contribution is 2.21. The average Bonchev–Trinajstić information content (AvgIpc) is 2.32. The van der Waals surface area contributed by atoms with Crippen LogP contribution in [0.4, 0.5) is 17.5 Å². The molecule has 0 aliphatic carbocycles. The van der Waals surface area contributed by atoms with E-state index in [2.05, 4.69) is 66.5 Å². The third-order valence-corrected chi connectivity index (χ3v) is 2.93. The average molecular weight is 270 g/mol. The molecule has 0 atom stereocenters. The summed E-state index contributed by atoms with van der Waals surface area (Å²) in [6, 6.07) is 8.60. The molecule has 0 spiro atoms. The molecule has 2 N–H and O–H groups in total. The van der Waals surface area contributed by atoms with Crippen molar-refractivity contribution in [3.8, 4) is 0 Å². The molecule has 0 aliphatic heterocycles. The standard InChI is InChI=1S/C16H22N4/c1-10(2)17-15-9-13(5)18-16(20-15)19-14-8-11(3)6-7-12(14)4/h6-10H,1-5H3,(H2,17,18,19,20). The minimum Gasteiger partial charge on any atom is -0.368 e. The first kappa shape index (κ1) is 14.3. The van der Waals surface area contributed by atoms with Gasteiger partial charge in [-0.15, -0.1) is 0 Å². The molecule has 1 aromatic heterocycles.